The number of fused-ring (bicyclic) bond motifs is 1. The van der Waals surface area contributed by atoms with Crippen LogP contribution in [0.3, 0.4) is 0 Å². The zero-order valence-electron chi connectivity index (χ0n) is 14.9. The molecule has 1 N–H and O–H groups in total. The maximum absolute atomic E-state index is 13.3. The summed E-state index contributed by atoms with van der Waals surface area (Å²) in [5, 5.41) is 3.43. The van der Waals surface area contributed by atoms with Gasteiger partial charge in [-0.15, -0.1) is 13.2 Å². The fraction of sp³-hybridized carbons (Fsp3) is 0.182. The van der Waals surface area contributed by atoms with Gasteiger partial charge >= 0.3 is 6.36 Å². The first-order valence-electron chi connectivity index (χ1n) is 8.98. The van der Waals surface area contributed by atoms with Crippen molar-refractivity contribution in [2.24, 2.45) is 0 Å². The third kappa shape index (κ3) is 3.97. The van der Waals surface area contributed by atoms with Crippen LogP contribution in [0.1, 0.15) is 23.4 Å². The highest BCUT2D eigenvalue weighted by molar-refractivity contribution is 5.73. The van der Waals surface area contributed by atoms with Crippen molar-refractivity contribution < 1.29 is 17.9 Å². The summed E-state index contributed by atoms with van der Waals surface area (Å²) in [5.74, 6) is 0. The van der Waals surface area contributed by atoms with E-state index in [1.807, 2.05) is 48.5 Å². The minimum absolute atomic E-state index is 0.167. The van der Waals surface area contributed by atoms with Crippen LogP contribution in [0.15, 0.2) is 84.9 Å². The van der Waals surface area contributed by atoms with Crippen molar-refractivity contribution in [3.63, 3.8) is 0 Å². The van der Waals surface area contributed by atoms with Crippen molar-refractivity contribution in [3.8, 4) is 0 Å². The topological polar surface area (TPSA) is 24.5 Å². The van der Waals surface area contributed by atoms with Crippen molar-refractivity contribution in [2.75, 3.05) is 16.8 Å². The minimum atomic E-state index is -4.76. The largest absolute Gasteiger partial charge is 0.524 e. The first-order chi connectivity index (χ1) is 13.5. The maximum Gasteiger partial charge on any atom is 0.524 e. The maximum atomic E-state index is 13.3. The summed E-state index contributed by atoms with van der Waals surface area (Å²) in [6, 6.07) is 25.4. The van der Waals surface area contributed by atoms with Gasteiger partial charge in [0.25, 0.3) is 0 Å². The van der Waals surface area contributed by atoms with Gasteiger partial charge < -0.3 is 10.2 Å². The Kier molecular flexibility index (Phi) is 4.96. The van der Waals surface area contributed by atoms with Crippen molar-refractivity contribution >= 4 is 11.4 Å². The Morgan fingerprint density at radius 1 is 0.857 bits per heavy atom. The summed E-state index contributed by atoms with van der Waals surface area (Å²) in [5.41, 5.74) is 2.89. The van der Waals surface area contributed by atoms with Crippen LogP contribution in [-0.4, -0.2) is 12.9 Å². The average Bonchev–Trinajstić information content (AvgIpc) is 2.72. The van der Waals surface area contributed by atoms with Crippen LogP contribution in [0.25, 0.3) is 0 Å². The second-order valence-corrected chi connectivity index (χ2v) is 6.60. The van der Waals surface area contributed by atoms with E-state index >= 15 is 0 Å². The Balaban J connectivity index is 1.77. The second-order valence-electron chi connectivity index (χ2n) is 6.60. The van der Waals surface area contributed by atoms with E-state index in [0.29, 0.717) is 17.8 Å². The van der Waals surface area contributed by atoms with Crippen LogP contribution >= 0.6 is 0 Å². The number of alkyl halides is 3. The highest BCUT2D eigenvalue weighted by Crippen LogP contribution is 2.42. The fourth-order valence-electron chi connectivity index (χ4n) is 3.53. The normalized spacial score (nSPS) is 17.5. The van der Waals surface area contributed by atoms with E-state index in [1.165, 1.54) is 0 Å². The van der Waals surface area contributed by atoms with Crippen LogP contribution in [-0.2, 0) is 4.74 Å². The van der Waals surface area contributed by atoms with E-state index in [2.05, 4.69) is 10.1 Å². The van der Waals surface area contributed by atoms with Gasteiger partial charge in [0.15, 0.2) is 6.23 Å². The number of benzene rings is 3. The number of rotatable bonds is 4. The predicted octanol–water partition coefficient (Wildman–Crippen LogP) is 5.90. The van der Waals surface area contributed by atoms with Gasteiger partial charge in [0.1, 0.15) is 0 Å². The van der Waals surface area contributed by atoms with Gasteiger partial charge in [-0.3, -0.25) is 4.74 Å². The Bertz CT molecular complexity index is 916. The molecule has 3 aromatic carbocycles. The quantitative estimate of drug-likeness (QED) is 0.607. The number of hydrogen-bond donors (Lipinski definition) is 1. The smallest absolute Gasteiger partial charge is 0.375 e. The summed E-state index contributed by atoms with van der Waals surface area (Å²) in [4.78, 5) is 1.67. The molecule has 28 heavy (non-hydrogen) atoms. The standard InChI is InChI=1S/C22H19F3N2O/c23-22(24,25)28-21(17-11-5-2-6-12-17)27-15-19(16-9-3-1-4-10-16)26-18-13-7-8-14-20(18)27/h1-14,19,21,26H,15H2. The molecule has 0 amide bonds. The van der Waals surface area contributed by atoms with E-state index in [0.717, 1.165) is 11.3 Å². The molecular weight excluding hydrogens is 365 g/mol. The summed E-state index contributed by atoms with van der Waals surface area (Å²) >= 11 is 0. The monoisotopic (exact) mass is 384 g/mol. The zero-order valence-corrected chi connectivity index (χ0v) is 14.9. The number of anilines is 2. The van der Waals surface area contributed by atoms with Crippen molar-refractivity contribution in [1.29, 1.82) is 0 Å². The van der Waals surface area contributed by atoms with Crippen LogP contribution in [0.2, 0.25) is 0 Å². The predicted molar refractivity (Wildman–Crippen MR) is 103 cm³/mol. The lowest BCUT2D eigenvalue weighted by molar-refractivity contribution is -0.344. The first-order valence-corrected chi connectivity index (χ1v) is 8.98. The van der Waals surface area contributed by atoms with E-state index in [9.17, 15) is 13.2 Å². The van der Waals surface area contributed by atoms with Crippen molar-refractivity contribution in [2.45, 2.75) is 18.6 Å². The molecule has 0 radical (unpaired) electrons. The molecule has 1 aliphatic heterocycles. The molecule has 144 valence electrons. The van der Waals surface area contributed by atoms with Gasteiger partial charge in [0.05, 0.1) is 17.4 Å². The summed E-state index contributed by atoms with van der Waals surface area (Å²) in [6.07, 6.45) is -6.04. The average molecular weight is 384 g/mol. The zero-order chi connectivity index (χ0) is 19.6. The number of ether oxygens (including phenoxy) is 1. The fourth-order valence-corrected chi connectivity index (χ4v) is 3.53. The molecule has 0 fully saturated rings. The van der Waals surface area contributed by atoms with Crippen LogP contribution in [0, 0.1) is 0 Å². The minimum Gasteiger partial charge on any atom is -0.375 e. The molecule has 3 nitrogen and oxygen atoms in total. The van der Waals surface area contributed by atoms with E-state index in [-0.39, 0.29) is 6.04 Å². The number of hydrogen-bond acceptors (Lipinski definition) is 3. The molecule has 6 heteroatoms. The van der Waals surface area contributed by atoms with Crippen LogP contribution in [0.5, 0.6) is 0 Å². The number of halogens is 3. The summed E-state index contributed by atoms with van der Waals surface area (Å²) < 4.78 is 44.4. The van der Waals surface area contributed by atoms with Gasteiger partial charge in [-0.05, 0) is 17.7 Å². The molecule has 3 aromatic rings. The Morgan fingerprint density at radius 3 is 2.14 bits per heavy atom. The number of nitrogens with zero attached hydrogens (tertiary/aromatic N) is 1. The molecule has 0 saturated heterocycles. The highest BCUT2D eigenvalue weighted by Gasteiger charge is 2.39. The Morgan fingerprint density at radius 2 is 1.46 bits per heavy atom. The number of nitrogens with one attached hydrogen (secondary N) is 1. The second kappa shape index (κ2) is 7.56. The SMILES string of the molecule is FC(F)(F)OC(c1ccccc1)N1CC(c2ccccc2)Nc2ccccc21. The lowest BCUT2D eigenvalue weighted by Gasteiger charge is -2.42. The van der Waals surface area contributed by atoms with Crippen LogP contribution in [0.4, 0.5) is 24.5 Å². The molecule has 1 heterocycles. The van der Waals surface area contributed by atoms with Gasteiger partial charge in [-0.25, -0.2) is 0 Å². The molecular formula is C22H19F3N2O. The van der Waals surface area contributed by atoms with Gasteiger partial charge in [-0.2, -0.15) is 0 Å². The van der Waals surface area contributed by atoms with Gasteiger partial charge in [-0.1, -0.05) is 72.8 Å². The van der Waals surface area contributed by atoms with E-state index < -0.39 is 12.6 Å². The van der Waals surface area contributed by atoms with Gasteiger partial charge in [0, 0.05) is 12.1 Å². The molecule has 2 unspecified atom stereocenters. The molecule has 0 saturated carbocycles. The first kappa shape index (κ1) is 18.4. The third-order valence-corrected chi connectivity index (χ3v) is 4.74. The van der Waals surface area contributed by atoms with Crippen molar-refractivity contribution in [1.82, 2.24) is 0 Å². The molecule has 2 atom stereocenters. The number of para-hydroxylation sites is 2. The Labute approximate surface area is 161 Å². The Hall–Kier alpha value is -2.99. The summed E-state index contributed by atoms with van der Waals surface area (Å²) in [6.45, 7) is 0.330. The molecule has 0 aromatic heterocycles. The third-order valence-electron chi connectivity index (χ3n) is 4.74. The van der Waals surface area contributed by atoms with Crippen molar-refractivity contribution in [3.05, 3.63) is 96.1 Å². The van der Waals surface area contributed by atoms with Crippen LogP contribution < -0.4 is 10.2 Å². The molecule has 0 spiro atoms. The van der Waals surface area contributed by atoms with Gasteiger partial charge in [0.2, 0.25) is 0 Å². The molecule has 1 aliphatic rings. The lowest BCUT2D eigenvalue weighted by atomic mass is 10.0. The van der Waals surface area contributed by atoms with E-state index in [4.69, 9.17) is 0 Å². The lowest BCUT2D eigenvalue weighted by Crippen LogP contribution is -2.41. The van der Waals surface area contributed by atoms with E-state index in [1.54, 1.807) is 41.3 Å². The molecule has 0 aliphatic carbocycles. The highest BCUT2D eigenvalue weighted by atomic mass is 19.4. The molecule has 0 bridgehead atoms. The summed E-state index contributed by atoms with van der Waals surface area (Å²) in [7, 11) is 0. The molecule has 4 rings (SSSR count).